The lowest BCUT2D eigenvalue weighted by molar-refractivity contribution is 0.850. The largest absolute Gasteiger partial charge is 0.339 e. The zero-order chi connectivity index (χ0) is 16.5. The Hall–Kier alpha value is -1.70. The summed E-state index contributed by atoms with van der Waals surface area (Å²) in [4.78, 5) is 4.24. The number of rotatable bonds is 4. The summed E-state index contributed by atoms with van der Waals surface area (Å²) in [6.45, 7) is 0. The van der Waals surface area contributed by atoms with E-state index in [1.54, 1.807) is 10.7 Å². The van der Waals surface area contributed by atoms with E-state index in [1.165, 1.54) is 0 Å². The molecule has 0 bridgehead atoms. The van der Waals surface area contributed by atoms with Crippen molar-refractivity contribution in [3.8, 4) is 5.82 Å². The van der Waals surface area contributed by atoms with Crippen LogP contribution in [0.4, 0.5) is 11.5 Å². The number of pyridine rings is 1. The molecule has 0 amide bonds. The van der Waals surface area contributed by atoms with Gasteiger partial charge in [0.05, 0.1) is 18.1 Å². The van der Waals surface area contributed by atoms with Gasteiger partial charge >= 0.3 is 0 Å². The third kappa shape index (κ3) is 3.11. The molecule has 0 saturated heterocycles. The molecule has 6 nitrogen and oxygen atoms in total. The number of fused-ring (bicyclic) bond motifs is 1. The first kappa shape index (κ1) is 15.8. The van der Waals surface area contributed by atoms with E-state index in [0.717, 1.165) is 22.4 Å². The van der Waals surface area contributed by atoms with Crippen molar-refractivity contribution >= 4 is 62.4 Å². The number of aromatic nitrogens is 5. The van der Waals surface area contributed by atoms with Gasteiger partial charge in [-0.1, -0.05) is 17.7 Å². The van der Waals surface area contributed by atoms with Crippen molar-refractivity contribution in [1.29, 1.82) is 0 Å². The summed E-state index contributed by atoms with van der Waals surface area (Å²) < 4.78 is 3.67. The van der Waals surface area contributed by atoms with Gasteiger partial charge in [-0.3, -0.25) is 0 Å². The van der Waals surface area contributed by atoms with Gasteiger partial charge in [0, 0.05) is 23.3 Å². The van der Waals surface area contributed by atoms with Crippen LogP contribution in [0.3, 0.4) is 0 Å². The first-order valence-corrected chi connectivity index (χ1v) is 11.5. The molecule has 0 spiro atoms. The molecule has 1 atom stereocenters. The molecule has 0 radical (unpaired) electrons. The fourth-order valence-electron chi connectivity index (χ4n) is 2.37. The lowest BCUT2D eigenvalue weighted by Gasteiger charge is -2.04. The van der Waals surface area contributed by atoms with Crippen molar-refractivity contribution < 1.29 is 0 Å². The summed E-state index contributed by atoms with van der Waals surface area (Å²) in [7, 11) is 0. The second-order valence-electron chi connectivity index (χ2n) is 5.00. The molecule has 3 aromatic heterocycles. The third-order valence-corrected chi connectivity index (χ3v) is 5.54. The Morgan fingerprint density at radius 3 is 2.92 bits per heavy atom. The van der Waals surface area contributed by atoms with Crippen LogP contribution in [0.5, 0.6) is 0 Å². The summed E-state index contributed by atoms with van der Waals surface area (Å²) in [6, 6.07) is 13.5. The van der Waals surface area contributed by atoms with E-state index in [4.69, 9.17) is 11.6 Å². The average Bonchev–Trinajstić information content (AvgIpc) is 3.21. The molecule has 0 saturated carbocycles. The fourth-order valence-corrected chi connectivity index (χ4v) is 4.08. The van der Waals surface area contributed by atoms with Gasteiger partial charge in [0.25, 0.3) is 0 Å². The van der Waals surface area contributed by atoms with Gasteiger partial charge in [-0.2, -0.15) is 5.10 Å². The van der Waals surface area contributed by atoms with E-state index in [9.17, 15) is 0 Å². The van der Waals surface area contributed by atoms with Gasteiger partial charge in [0.2, 0.25) is 0 Å². The zero-order valence-electron chi connectivity index (χ0n) is 12.2. The molecule has 120 valence electrons. The normalized spacial score (nSPS) is 11.6. The lowest BCUT2D eigenvalue weighted by Crippen LogP contribution is -1.99. The van der Waals surface area contributed by atoms with Crippen LogP contribution in [-0.2, 0) is 0 Å². The number of benzene rings is 1. The van der Waals surface area contributed by atoms with Crippen LogP contribution in [-0.4, -0.2) is 24.3 Å². The predicted molar refractivity (Wildman–Crippen MR) is 107 cm³/mol. The smallest absolute Gasteiger partial charge is 0.155 e. The monoisotopic (exact) mass is 468 g/mol. The number of nitrogens with zero attached hydrogens (tertiary/aromatic N) is 5. The summed E-state index contributed by atoms with van der Waals surface area (Å²) >= 11 is 8.25. The van der Waals surface area contributed by atoms with E-state index in [-0.39, 0.29) is 0 Å². The lowest BCUT2D eigenvalue weighted by atomic mass is 10.2. The number of hydrogen-bond donors (Lipinski definition) is 1. The molecule has 3 heterocycles. The fraction of sp³-hybridized carbons (Fsp3) is 0. The Labute approximate surface area is 157 Å². The Morgan fingerprint density at radius 2 is 2.08 bits per heavy atom. The Morgan fingerprint density at radius 1 is 1.17 bits per heavy atom. The van der Waals surface area contributed by atoms with Gasteiger partial charge in [-0.15, -0.1) is 5.10 Å². The quantitative estimate of drug-likeness (QED) is 0.265. The van der Waals surface area contributed by atoms with Crippen LogP contribution in [0.25, 0.3) is 16.7 Å². The van der Waals surface area contributed by atoms with E-state index >= 15 is 0 Å². The highest BCUT2D eigenvalue weighted by Crippen LogP contribution is 2.30. The number of anilines is 2. The van der Waals surface area contributed by atoms with Gasteiger partial charge in [0.1, 0.15) is 5.15 Å². The van der Waals surface area contributed by atoms with E-state index < -0.39 is 0 Å². The summed E-state index contributed by atoms with van der Waals surface area (Å²) in [5.41, 5.74) is 2.09. The molecule has 1 N–H and O–H groups in total. The highest BCUT2D eigenvalue weighted by molar-refractivity contribution is 14.2. The minimum atomic E-state index is 0.441. The number of nitrogens with one attached hydrogen (secondary N) is 1. The Bertz CT molecular complexity index is 1010. The molecule has 0 aliphatic rings. The van der Waals surface area contributed by atoms with E-state index in [0.29, 0.717) is 17.3 Å². The molecule has 4 aromatic rings. The highest BCUT2D eigenvalue weighted by atomic mass is 127. The van der Waals surface area contributed by atoms with Crippen molar-refractivity contribution in [2.24, 2.45) is 0 Å². The highest BCUT2D eigenvalue weighted by Gasteiger charge is 2.06. The Kier molecular flexibility index (Phi) is 4.39. The van der Waals surface area contributed by atoms with Gasteiger partial charge in [-0.05, 0) is 52.4 Å². The van der Waals surface area contributed by atoms with Crippen LogP contribution in [0.1, 0.15) is 0 Å². The molecule has 0 aliphatic carbocycles. The third-order valence-electron chi connectivity index (χ3n) is 3.44. The van der Waals surface area contributed by atoms with E-state index in [2.05, 4.69) is 54.7 Å². The minimum Gasteiger partial charge on any atom is -0.339 e. The molecule has 1 aromatic carbocycles. The van der Waals surface area contributed by atoms with Crippen molar-refractivity contribution in [3.05, 3.63) is 60.0 Å². The zero-order valence-corrected chi connectivity index (χ0v) is 16.1. The summed E-state index contributed by atoms with van der Waals surface area (Å²) in [6.07, 6.45) is 4.30. The topological polar surface area (TPSA) is 60.6 Å². The second-order valence-corrected chi connectivity index (χ2v) is 7.43. The second kappa shape index (κ2) is 6.66. The first-order valence-electron chi connectivity index (χ1n) is 7.03. The van der Waals surface area contributed by atoms with Crippen LogP contribution < -0.4 is 5.32 Å². The molecule has 1 unspecified atom stereocenters. The molecule has 0 fully saturated rings. The standard InChI is InChI=1S/C15H11ClIN6P/c16-13-2-1-3-15(20-13)22-7-6-14(21-22)19-11-4-5-12-10(8-11)9-18-23(12)24-17/h1-9,24H,(H,19,21). The van der Waals surface area contributed by atoms with Gasteiger partial charge in [-0.25, -0.2) is 14.1 Å². The average molecular weight is 469 g/mol. The van der Waals surface area contributed by atoms with Crippen molar-refractivity contribution in [1.82, 2.24) is 24.3 Å². The van der Waals surface area contributed by atoms with Crippen LogP contribution in [0.2, 0.25) is 5.15 Å². The molecule has 9 heteroatoms. The first-order chi connectivity index (χ1) is 11.7. The number of halogens is 2. The maximum Gasteiger partial charge on any atom is 0.155 e. The van der Waals surface area contributed by atoms with Crippen LogP contribution >= 0.6 is 40.0 Å². The van der Waals surface area contributed by atoms with Crippen molar-refractivity contribution in [2.75, 3.05) is 5.32 Å². The van der Waals surface area contributed by atoms with Crippen LogP contribution in [0, 0.1) is 0 Å². The maximum atomic E-state index is 5.92. The minimum absolute atomic E-state index is 0.441. The maximum absolute atomic E-state index is 5.92. The Balaban J connectivity index is 1.59. The van der Waals surface area contributed by atoms with E-state index in [1.807, 2.05) is 41.1 Å². The molecule has 0 aliphatic heterocycles. The molecule has 24 heavy (non-hydrogen) atoms. The molecule has 4 rings (SSSR count). The summed E-state index contributed by atoms with van der Waals surface area (Å²) in [5, 5.41) is 13.7. The van der Waals surface area contributed by atoms with Gasteiger partial charge < -0.3 is 5.32 Å². The molecular formula is C15H11ClIN6P. The summed E-state index contributed by atoms with van der Waals surface area (Å²) in [5.74, 6) is 1.41. The molecular weight excluding hydrogens is 458 g/mol. The predicted octanol–water partition coefficient (Wildman–Crippen LogP) is 4.81. The van der Waals surface area contributed by atoms with Crippen molar-refractivity contribution in [3.63, 3.8) is 0 Å². The van der Waals surface area contributed by atoms with Crippen LogP contribution in [0.15, 0.2) is 54.9 Å². The van der Waals surface area contributed by atoms with Crippen molar-refractivity contribution in [2.45, 2.75) is 0 Å². The van der Waals surface area contributed by atoms with Gasteiger partial charge in [0.15, 0.2) is 11.6 Å². The number of hydrogen-bond acceptors (Lipinski definition) is 4. The SMILES string of the molecule is Clc1cccc(-n2ccc(Nc3ccc4c(cnn4PI)c3)n2)n1.